The molecule has 15 heavy (non-hydrogen) atoms. The maximum atomic E-state index is 12.7. The Balaban J connectivity index is 2.54. The first-order valence-electron chi connectivity index (χ1n) is 5.64. The molecule has 0 amide bonds. The molecule has 0 saturated carbocycles. The maximum absolute atomic E-state index is 12.7. The molecule has 1 unspecified atom stereocenters. The quantitative estimate of drug-likeness (QED) is 0.672. The largest absolute Gasteiger partial charge is 0.207 e. The number of benzene rings is 1. The number of rotatable bonds is 3. The minimum atomic E-state index is -0.151. The predicted octanol–water partition coefficient (Wildman–Crippen LogP) is 4.76. The van der Waals surface area contributed by atoms with Gasteiger partial charge in [0.15, 0.2) is 0 Å². The zero-order valence-electron chi connectivity index (χ0n) is 10.2. The van der Waals surface area contributed by atoms with Crippen LogP contribution in [0.2, 0.25) is 0 Å². The van der Waals surface area contributed by atoms with Crippen LogP contribution < -0.4 is 0 Å². The molecule has 1 rings (SSSR count). The van der Waals surface area contributed by atoms with Crippen molar-refractivity contribution in [3.8, 4) is 0 Å². The lowest BCUT2D eigenvalue weighted by Crippen LogP contribution is -2.07. The van der Waals surface area contributed by atoms with E-state index < -0.39 is 0 Å². The van der Waals surface area contributed by atoms with Gasteiger partial charge in [-0.15, -0.1) is 0 Å². The SMILES string of the molecule is CC(CCC(C)(C)C)c1ccc(F)cc1. The molecule has 0 aliphatic rings. The zero-order chi connectivity index (χ0) is 11.5. The molecule has 0 saturated heterocycles. The molecule has 0 spiro atoms. The van der Waals surface area contributed by atoms with Crippen LogP contribution in [0.15, 0.2) is 24.3 Å². The maximum Gasteiger partial charge on any atom is 0.123 e. The Bertz CT molecular complexity index is 292. The molecular weight excluding hydrogens is 187 g/mol. The summed E-state index contributed by atoms with van der Waals surface area (Å²) in [4.78, 5) is 0. The molecule has 0 N–H and O–H groups in total. The first-order valence-corrected chi connectivity index (χ1v) is 5.64. The summed E-state index contributed by atoms with van der Waals surface area (Å²) < 4.78 is 12.7. The molecule has 0 aliphatic heterocycles. The molecule has 1 atom stereocenters. The van der Waals surface area contributed by atoms with Crippen molar-refractivity contribution in [2.24, 2.45) is 5.41 Å². The van der Waals surface area contributed by atoms with Crippen molar-refractivity contribution in [3.63, 3.8) is 0 Å². The third-order valence-corrected chi connectivity index (χ3v) is 2.77. The second kappa shape index (κ2) is 4.78. The molecular formula is C14H21F. The van der Waals surface area contributed by atoms with Gasteiger partial charge in [-0.3, -0.25) is 0 Å². The van der Waals surface area contributed by atoms with E-state index >= 15 is 0 Å². The minimum absolute atomic E-state index is 0.151. The Morgan fingerprint density at radius 2 is 1.67 bits per heavy atom. The molecule has 84 valence electrons. The van der Waals surface area contributed by atoms with Crippen LogP contribution in [0.25, 0.3) is 0 Å². The lowest BCUT2D eigenvalue weighted by Gasteiger charge is -2.21. The first-order chi connectivity index (χ1) is 6.88. The Morgan fingerprint density at radius 1 is 1.13 bits per heavy atom. The highest BCUT2D eigenvalue weighted by molar-refractivity contribution is 5.19. The second-order valence-corrected chi connectivity index (χ2v) is 5.55. The number of hydrogen-bond acceptors (Lipinski definition) is 0. The number of hydrogen-bond donors (Lipinski definition) is 0. The van der Waals surface area contributed by atoms with Gasteiger partial charge in [0, 0.05) is 0 Å². The lowest BCUT2D eigenvalue weighted by atomic mass is 9.85. The fourth-order valence-corrected chi connectivity index (χ4v) is 1.61. The Labute approximate surface area is 92.5 Å². The highest BCUT2D eigenvalue weighted by Crippen LogP contribution is 2.28. The molecule has 1 aromatic carbocycles. The monoisotopic (exact) mass is 208 g/mol. The summed E-state index contributed by atoms with van der Waals surface area (Å²) >= 11 is 0. The lowest BCUT2D eigenvalue weighted by molar-refractivity contribution is 0.352. The topological polar surface area (TPSA) is 0 Å². The molecule has 0 nitrogen and oxygen atoms in total. The Hall–Kier alpha value is -0.850. The fraction of sp³-hybridized carbons (Fsp3) is 0.571. The van der Waals surface area contributed by atoms with E-state index in [2.05, 4.69) is 27.7 Å². The van der Waals surface area contributed by atoms with Crippen molar-refractivity contribution in [1.29, 1.82) is 0 Å². The smallest absolute Gasteiger partial charge is 0.123 e. The Kier molecular flexibility index (Phi) is 3.90. The predicted molar refractivity (Wildman–Crippen MR) is 63.5 cm³/mol. The van der Waals surface area contributed by atoms with Crippen molar-refractivity contribution in [3.05, 3.63) is 35.6 Å². The van der Waals surface area contributed by atoms with Gasteiger partial charge in [-0.1, -0.05) is 39.8 Å². The molecule has 0 aliphatic carbocycles. The van der Waals surface area contributed by atoms with Crippen LogP contribution in [-0.4, -0.2) is 0 Å². The van der Waals surface area contributed by atoms with Crippen LogP contribution in [-0.2, 0) is 0 Å². The van der Waals surface area contributed by atoms with E-state index in [1.165, 1.54) is 12.0 Å². The van der Waals surface area contributed by atoms with Crippen LogP contribution in [0.1, 0.15) is 52.0 Å². The van der Waals surface area contributed by atoms with Gasteiger partial charge >= 0.3 is 0 Å². The van der Waals surface area contributed by atoms with E-state index in [9.17, 15) is 4.39 Å². The van der Waals surface area contributed by atoms with Crippen molar-refractivity contribution >= 4 is 0 Å². The van der Waals surface area contributed by atoms with E-state index in [4.69, 9.17) is 0 Å². The zero-order valence-corrected chi connectivity index (χ0v) is 10.2. The molecule has 0 bridgehead atoms. The second-order valence-electron chi connectivity index (χ2n) is 5.55. The third kappa shape index (κ3) is 4.46. The molecule has 0 aromatic heterocycles. The van der Waals surface area contributed by atoms with Gasteiger partial charge in [-0.05, 0) is 41.9 Å². The van der Waals surface area contributed by atoms with Gasteiger partial charge in [0.25, 0.3) is 0 Å². The van der Waals surface area contributed by atoms with Gasteiger partial charge in [0.05, 0.1) is 0 Å². The average Bonchev–Trinajstić information content (AvgIpc) is 2.14. The van der Waals surface area contributed by atoms with Gasteiger partial charge < -0.3 is 0 Å². The summed E-state index contributed by atoms with van der Waals surface area (Å²) in [6.45, 7) is 8.97. The molecule has 0 heterocycles. The van der Waals surface area contributed by atoms with E-state index in [0.717, 1.165) is 6.42 Å². The van der Waals surface area contributed by atoms with Crippen LogP contribution in [0.3, 0.4) is 0 Å². The standard InChI is InChI=1S/C14H21F/c1-11(9-10-14(2,3)4)12-5-7-13(15)8-6-12/h5-8,11H,9-10H2,1-4H3. The molecule has 1 aromatic rings. The third-order valence-electron chi connectivity index (χ3n) is 2.77. The molecule has 0 radical (unpaired) electrons. The summed E-state index contributed by atoms with van der Waals surface area (Å²) in [6.07, 6.45) is 2.36. The molecule has 0 fully saturated rings. The highest BCUT2D eigenvalue weighted by Gasteiger charge is 2.13. The van der Waals surface area contributed by atoms with Crippen LogP contribution in [0.4, 0.5) is 4.39 Å². The summed E-state index contributed by atoms with van der Waals surface area (Å²) in [5.74, 6) is 0.367. The Morgan fingerprint density at radius 3 is 2.13 bits per heavy atom. The van der Waals surface area contributed by atoms with Gasteiger partial charge in [0.1, 0.15) is 5.82 Å². The summed E-state index contributed by atoms with van der Waals surface area (Å²) in [7, 11) is 0. The van der Waals surface area contributed by atoms with E-state index in [1.54, 1.807) is 12.1 Å². The average molecular weight is 208 g/mol. The first kappa shape index (κ1) is 12.2. The van der Waals surface area contributed by atoms with E-state index in [-0.39, 0.29) is 5.82 Å². The summed E-state index contributed by atoms with van der Waals surface area (Å²) in [5, 5.41) is 0. The van der Waals surface area contributed by atoms with Gasteiger partial charge in [-0.25, -0.2) is 4.39 Å². The van der Waals surface area contributed by atoms with Crippen molar-refractivity contribution in [1.82, 2.24) is 0 Å². The highest BCUT2D eigenvalue weighted by atomic mass is 19.1. The fourth-order valence-electron chi connectivity index (χ4n) is 1.61. The minimum Gasteiger partial charge on any atom is -0.207 e. The number of halogens is 1. The summed E-state index contributed by atoms with van der Waals surface area (Å²) in [6, 6.07) is 6.87. The van der Waals surface area contributed by atoms with E-state index in [1.807, 2.05) is 12.1 Å². The van der Waals surface area contributed by atoms with Crippen LogP contribution in [0.5, 0.6) is 0 Å². The van der Waals surface area contributed by atoms with Crippen LogP contribution >= 0.6 is 0 Å². The normalized spacial score (nSPS) is 13.9. The van der Waals surface area contributed by atoms with Gasteiger partial charge in [0.2, 0.25) is 0 Å². The van der Waals surface area contributed by atoms with Crippen molar-refractivity contribution in [2.75, 3.05) is 0 Å². The summed E-state index contributed by atoms with van der Waals surface area (Å²) in [5.41, 5.74) is 1.62. The van der Waals surface area contributed by atoms with Gasteiger partial charge in [-0.2, -0.15) is 0 Å². The van der Waals surface area contributed by atoms with Crippen molar-refractivity contribution in [2.45, 2.75) is 46.5 Å². The van der Waals surface area contributed by atoms with E-state index in [0.29, 0.717) is 11.3 Å². The molecule has 1 heteroatoms. The van der Waals surface area contributed by atoms with Crippen molar-refractivity contribution < 1.29 is 4.39 Å². The van der Waals surface area contributed by atoms with Crippen LogP contribution in [0, 0.1) is 11.2 Å².